The first kappa shape index (κ1) is 17.0. The summed E-state index contributed by atoms with van der Waals surface area (Å²) in [6.07, 6.45) is 3.62. The molecule has 0 radical (unpaired) electrons. The van der Waals surface area contributed by atoms with E-state index in [1.807, 2.05) is 23.1 Å². The number of rotatable bonds is 4. The summed E-state index contributed by atoms with van der Waals surface area (Å²) in [6, 6.07) is 8.11. The molecule has 7 heteroatoms. The summed E-state index contributed by atoms with van der Waals surface area (Å²) in [5.74, 6) is 0.116. The van der Waals surface area contributed by atoms with E-state index in [0.717, 1.165) is 37.9 Å². The van der Waals surface area contributed by atoms with Gasteiger partial charge in [-0.15, -0.1) is 0 Å². The molecule has 1 amide bonds. The van der Waals surface area contributed by atoms with Crippen LogP contribution in [0.25, 0.3) is 0 Å². The topological polar surface area (TPSA) is 60.9 Å². The number of sulfonamides is 1. The lowest BCUT2D eigenvalue weighted by Gasteiger charge is -2.36. The Morgan fingerprint density at radius 2 is 1.76 bits per heavy atom. The van der Waals surface area contributed by atoms with Crippen LogP contribution >= 0.6 is 0 Å². The average Bonchev–Trinajstić information content (AvgIpc) is 3.47. The molecule has 0 spiro atoms. The van der Waals surface area contributed by atoms with Crippen LogP contribution in [0.5, 0.6) is 0 Å². The minimum Gasteiger partial charge on any atom is -0.311 e. The van der Waals surface area contributed by atoms with Crippen LogP contribution in [-0.2, 0) is 21.2 Å². The van der Waals surface area contributed by atoms with E-state index < -0.39 is 10.0 Å². The van der Waals surface area contributed by atoms with E-state index in [9.17, 15) is 13.2 Å². The second-order valence-corrected chi connectivity index (χ2v) is 9.41. The fraction of sp³-hybridized carbons (Fsp3) is 0.611. The third-order valence-electron chi connectivity index (χ3n) is 5.41. The minimum atomic E-state index is -3.09. The molecular formula is C18H25N3O3S. The highest BCUT2D eigenvalue weighted by Gasteiger charge is 2.41. The largest absolute Gasteiger partial charge is 0.311 e. The molecule has 0 unspecified atom stereocenters. The number of carbonyl (C=O) groups is 1. The van der Waals surface area contributed by atoms with Gasteiger partial charge in [-0.1, -0.05) is 18.2 Å². The Morgan fingerprint density at radius 1 is 1.04 bits per heavy atom. The number of amides is 1. The summed E-state index contributed by atoms with van der Waals surface area (Å²) in [5, 5.41) is -0.148. The molecule has 1 aromatic rings. The summed E-state index contributed by atoms with van der Waals surface area (Å²) in [7, 11) is -3.09. The predicted molar refractivity (Wildman–Crippen MR) is 97.1 cm³/mol. The van der Waals surface area contributed by atoms with Gasteiger partial charge in [0.2, 0.25) is 15.9 Å². The molecule has 1 saturated carbocycles. The maximum absolute atomic E-state index is 12.8. The molecule has 0 aromatic heterocycles. The van der Waals surface area contributed by atoms with Crippen LogP contribution in [0.2, 0.25) is 0 Å². The molecule has 136 valence electrons. The van der Waals surface area contributed by atoms with Crippen LogP contribution in [0, 0.1) is 0 Å². The van der Waals surface area contributed by atoms with Crippen LogP contribution in [0.3, 0.4) is 0 Å². The number of para-hydroxylation sites is 1. The summed E-state index contributed by atoms with van der Waals surface area (Å²) >= 11 is 0. The van der Waals surface area contributed by atoms with E-state index in [4.69, 9.17) is 0 Å². The van der Waals surface area contributed by atoms with Crippen molar-refractivity contribution in [3.05, 3.63) is 29.8 Å². The first-order chi connectivity index (χ1) is 12.1. The lowest BCUT2D eigenvalue weighted by atomic mass is 10.0. The molecule has 0 atom stereocenters. The van der Waals surface area contributed by atoms with Gasteiger partial charge >= 0.3 is 0 Å². The minimum absolute atomic E-state index is 0.116. The van der Waals surface area contributed by atoms with Gasteiger partial charge in [0.25, 0.3) is 0 Å². The number of hydrogen-bond acceptors (Lipinski definition) is 4. The maximum Gasteiger partial charge on any atom is 0.241 e. The third-order valence-corrected chi connectivity index (χ3v) is 7.81. The van der Waals surface area contributed by atoms with Gasteiger partial charge < -0.3 is 4.90 Å². The van der Waals surface area contributed by atoms with Gasteiger partial charge in [-0.25, -0.2) is 8.42 Å². The third kappa shape index (κ3) is 3.45. The second kappa shape index (κ2) is 6.70. The molecule has 2 heterocycles. The number of nitrogens with zero attached hydrogens (tertiary/aromatic N) is 3. The smallest absolute Gasteiger partial charge is 0.241 e. The van der Waals surface area contributed by atoms with Crippen LogP contribution < -0.4 is 4.90 Å². The highest BCUT2D eigenvalue weighted by molar-refractivity contribution is 7.90. The average molecular weight is 363 g/mol. The fourth-order valence-corrected chi connectivity index (χ4v) is 5.61. The molecule has 6 nitrogen and oxygen atoms in total. The summed E-state index contributed by atoms with van der Waals surface area (Å²) in [5.41, 5.74) is 2.27. The van der Waals surface area contributed by atoms with Crippen LogP contribution in [0.15, 0.2) is 24.3 Å². The molecule has 2 aliphatic heterocycles. The molecule has 1 aliphatic carbocycles. The van der Waals surface area contributed by atoms with Crippen molar-refractivity contribution >= 4 is 21.6 Å². The molecule has 1 saturated heterocycles. The Labute approximate surface area is 149 Å². The van der Waals surface area contributed by atoms with Gasteiger partial charge in [0.15, 0.2) is 0 Å². The van der Waals surface area contributed by atoms with Gasteiger partial charge in [-0.3, -0.25) is 9.69 Å². The Morgan fingerprint density at radius 3 is 2.48 bits per heavy atom. The first-order valence-electron chi connectivity index (χ1n) is 9.15. The van der Waals surface area contributed by atoms with Gasteiger partial charge in [0.05, 0.1) is 11.8 Å². The van der Waals surface area contributed by atoms with E-state index in [1.54, 1.807) is 4.31 Å². The second-order valence-electron chi connectivity index (χ2n) is 7.20. The lowest BCUT2D eigenvalue weighted by Crippen LogP contribution is -2.52. The van der Waals surface area contributed by atoms with Crippen molar-refractivity contribution in [1.82, 2.24) is 9.21 Å². The number of benzene rings is 1. The number of anilines is 1. The van der Waals surface area contributed by atoms with Crippen LogP contribution in [-0.4, -0.2) is 68.0 Å². The van der Waals surface area contributed by atoms with E-state index >= 15 is 0 Å². The van der Waals surface area contributed by atoms with Crippen LogP contribution in [0.1, 0.15) is 24.8 Å². The highest BCUT2D eigenvalue weighted by atomic mass is 32.2. The van der Waals surface area contributed by atoms with Gasteiger partial charge in [0, 0.05) is 38.4 Å². The van der Waals surface area contributed by atoms with Crippen molar-refractivity contribution in [3.8, 4) is 0 Å². The Balaban J connectivity index is 1.35. The summed E-state index contributed by atoms with van der Waals surface area (Å²) < 4.78 is 26.2. The summed E-state index contributed by atoms with van der Waals surface area (Å²) in [4.78, 5) is 16.8. The van der Waals surface area contributed by atoms with E-state index in [1.165, 1.54) is 5.56 Å². The van der Waals surface area contributed by atoms with Crippen molar-refractivity contribution in [3.63, 3.8) is 0 Å². The molecule has 4 rings (SSSR count). The maximum atomic E-state index is 12.8. The van der Waals surface area contributed by atoms with Gasteiger partial charge in [-0.05, 0) is 37.3 Å². The quantitative estimate of drug-likeness (QED) is 0.803. The highest BCUT2D eigenvalue weighted by Crippen LogP contribution is 2.31. The molecule has 2 fully saturated rings. The number of carbonyl (C=O) groups excluding carboxylic acids is 1. The van der Waals surface area contributed by atoms with E-state index in [-0.39, 0.29) is 11.2 Å². The van der Waals surface area contributed by atoms with E-state index in [2.05, 4.69) is 11.0 Å². The molecule has 3 aliphatic rings. The van der Waals surface area contributed by atoms with E-state index in [0.29, 0.717) is 32.7 Å². The van der Waals surface area contributed by atoms with Gasteiger partial charge in [-0.2, -0.15) is 4.31 Å². The van der Waals surface area contributed by atoms with Crippen LogP contribution in [0.4, 0.5) is 5.69 Å². The zero-order valence-electron chi connectivity index (χ0n) is 14.4. The Kier molecular flexibility index (Phi) is 4.56. The van der Waals surface area contributed by atoms with Crippen molar-refractivity contribution in [1.29, 1.82) is 0 Å². The van der Waals surface area contributed by atoms with Crippen molar-refractivity contribution in [2.75, 3.05) is 44.2 Å². The zero-order valence-corrected chi connectivity index (χ0v) is 15.2. The zero-order chi connectivity index (χ0) is 17.4. The number of hydrogen-bond donors (Lipinski definition) is 0. The van der Waals surface area contributed by atoms with Gasteiger partial charge in [0.1, 0.15) is 0 Å². The molecule has 0 bridgehead atoms. The monoisotopic (exact) mass is 363 g/mol. The SMILES string of the molecule is O=C(CN1CCN(S(=O)(=O)C2CC2)CC1)N1CCCc2ccccc21. The standard InChI is InChI=1S/C18H25N3O3S/c22-18(21-9-3-5-15-4-1-2-6-17(15)21)14-19-10-12-20(13-11-19)25(23,24)16-7-8-16/h1-2,4,6,16H,3,5,7-14H2. The number of fused-ring (bicyclic) bond motifs is 1. The fourth-order valence-electron chi connectivity index (χ4n) is 3.79. The van der Waals surface area contributed by atoms with Crippen molar-refractivity contribution < 1.29 is 13.2 Å². The normalized spacial score (nSPS) is 22.6. The number of aryl methyl sites for hydroxylation is 1. The summed E-state index contributed by atoms with van der Waals surface area (Å²) in [6.45, 7) is 3.41. The molecular weight excluding hydrogens is 338 g/mol. The predicted octanol–water partition coefficient (Wildman–Crippen LogP) is 1.08. The molecule has 0 N–H and O–H groups in total. The molecule has 1 aromatic carbocycles. The number of piperazine rings is 1. The van der Waals surface area contributed by atoms with Crippen molar-refractivity contribution in [2.45, 2.75) is 30.9 Å². The Bertz CT molecular complexity index is 753. The molecule has 25 heavy (non-hydrogen) atoms. The lowest BCUT2D eigenvalue weighted by molar-refractivity contribution is -0.120. The Hall–Kier alpha value is -1.44. The van der Waals surface area contributed by atoms with Crippen molar-refractivity contribution in [2.24, 2.45) is 0 Å². The first-order valence-corrected chi connectivity index (χ1v) is 10.7.